The summed E-state index contributed by atoms with van der Waals surface area (Å²) < 4.78 is 1.04. The average molecular weight is 401 g/mol. The molecule has 3 aromatic carbocycles. The van der Waals surface area contributed by atoms with Crippen LogP contribution >= 0.6 is 24.0 Å². The molecule has 28 heavy (non-hydrogen) atoms. The van der Waals surface area contributed by atoms with E-state index in [-0.39, 0.29) is 0 Å². The van der Waals surface area contributed by atoms with E-state index < -0.39 is 0 Å². The molecule has 0 aliphatic carbocycles. The van der Waals surface area contributed by atoms with E-state index in [0.717, 1.165) is 4.21 Å². The van der Waals surface area contributed by atoms with Crippen molar-refractivity contribution in [3.05, 3.63) is 72.8 Å². The number of thiol groups is 1. The summed E-state index contributed by atoms with van der Waals surface area (Å²) in [5, 5.41) is 2.53. The molecule has 5 rings (SSSR count). The van der Waals surface area contributed by atoms with Crippen LogP contribution in [0, 0.1) is 0 Å². The first kappa shape index (κ1) is 17.4. The summed E-state index contributed by atoms with van der Waals surface area (Å²) >= 11 is 6.13. The normalized spacial score (nSPS) is 11.4. The highest BCUT2D eigenvalue weighted by Crippen LogP contribution is 2.34. The highest BCUT2D eigenvalue weighted by Gasteiger charge is 2.09. The number of fused-ring (bicyclic) bond motifs is 3. The molecule has 2 aromatic heterocycles. The topological polar surface area (TPSA) is 19.0 Å². The molecule has 0 unspecified atom stereocenters. The van der Waals surface area contributed by atoms with Crippen LogP contribution in [0.1, 0.15) is 0 Å². The van der Waals surface area contributed by atoms with E-state index >= 15 is 0 Å². The minimum atomic E-state index is 1.04. The van der Waals surface area contributed by atoms with E-state index in [9.17, 15) is 0 Å². The van der Waals surface area contributed by atoms with Gasteiger partial charge in [0.1, 0.15) is 0 Å². The number of nitrogens with zero attached hydrogens (tertiary/aromatic N) is 1. The summed E-state index contributed by atoms with van der Waals surface area (Å²) in [4.78, 5) is 6.92. The van der Waals surface area contributed by atoms with Crippen molar-refractivity contribution >= 4 is 51.5 Å². The smallest absolute Gasteiger partial charge is 0.0574 e. The second-order valence-electron chi connectivity index (χ2n) is 7.22. The summed E-state index contributed by atoms with van der Waals surface area (Å²) in [6, 6.07) is 26.2. The average Bonchev–Trinajstić information content (AvgIpc) is 3.30. The van der Waals surface area contributed by atoms with Crippen LogP contribution in [-0.2, 0) is 0 Å². The molecule has 0 aliphatic heterocycles. The Bertz CT molecular complexity index is 1290. The number of aromatic nitrogens is 1. The molecule has 0 bridgehead atoms. The molecule has 2 heterocycles. The number of hydrogen-bond donors (Lipinski definition) is 2. The fourth-order valence-electron chi connectivity index (χ4n) is 3.65. The van der Waals surface area contributed by atoms with E-state index in [1.165, 1.54) is 49.1 Å². The number of benzene rings is 3. The van der Waals surface area contributed by atoms with Gasteiger partial charge < -0.3 is 9.88 Å². The number of rotatable bonds is 3. The van der Waals surface area contributed by atoms with Gasteiger partial charge in [0.15, 0.2) is 0 Å². The number of hydrogen-bond acceptors (Lipinski definition) is 3. The fraction of sp³-hybridized carbons (Fsp3) is 0.0833. The molecule has 2 nitrogen and oxygen atoms in total. The lowest BCUT2D eigenvalue weighted by atomic mass is 10.0. The van der Waals surface area contributed by atoms with Gasteiger partial charge in [0, 0.05) is 46.5 Å². The molecular formula is C24H20N2S2. The van der Waals surface area contributed by atoms with Gasteiger partial charge in [-0.1, -0.05) is 30.3 Å². The van der Waals surface area contributed by atoms with Crippen LogP contribution in [0.2, 0.25) is 0 Å². The summed E-state index contributed by atoms with van der Waals surface area (Å²) in [5.74, 6) is 0. The van der Waals surface area contributed by atoms with Gasteiger partial charge in [-0.15, -0.1) is 24.0 Å². The second kappa shape index (κ2) is 6.73. The van der Waals surface area contributed by atoms with Gasteiger partial charge in [0.05, 0.1) is 4.21 Å². The van der Waals surface area contributed by atoms with Gasteiger partial charge in [-0.25, -0.2) is 0 Å². The third-order valence-corrected chi connectivity index (χ3v) is 6.55. The Hall–Kier alpha value is -2.69. The third-order valence-electron chi connectivity index (χ3n) is 5.19. The van der Waals surface area contributed by atoms with Crippen LogP contribution in [0.15, 0.2) is 77.0 Å². The first-order chi connectivity index (χ1) is 13.6. The van der Waals surface area contributed by atoms with Crippen molar-refractivity contribution in [3.8, 4) is 21.6 Å². The SMILES string of the molecule is CN(C)c1ccc2[nH]c3ccc(-c4ccc(-c5ccc(S)s5)cc4)cc3c2c1. The maximum absolute atomic E-state index is 4.42. The first-order valence-corrected chi connectivity index (χ1v) is 10.5. The monoisotopic (exact) mass is 400 g/mol. The van der Waals surface area contributed by atoms with E-state index in [2.05, 4.69) is 103 Å². The predicted molar refractivity (Wildman–Crippen MR) is 126 cm³/mol. The lowest BCUT2D eigenvalue weighted by molar-refractivity contribution is 1.14. The highest BCUT2D eigenvalue weighted by molar-refractivity contribution is 7.83. The molecule has 0 saturated carbocycles. The molecule has 4 heteroatoms. The van der Waals surface area contributed by atoms with Crippen molar-refractivity contribution in [1.82, 2.24) is 4.98 Å². The lowest BCUT2D eigenvalue weighted by Crippen LogP contribution is -2.07. The second-order valence-corrected chi connectivity index (χ2v) is 9.09. The van der Waals surface area contributed by atoms with Gasteiger partial charge >= 0.3 is 0 Å². The van der Waals surface area contributed by atoms with E-state index in [4.69, 9.17) is 0 Å². The molecule has 138 valence electrons. The van der Waals surface area contributed by atoms with Gasteiger partial charge in [0.2, 0.25) is 0 Å². The summed E-state index contributed by atoms with van der Waals surface area (Å²) in [6.45, 7) is 0. The Balaban J connectivity index is 1.58. The largest absolute Gasteiger partial charge is 0.378 e. The van der Waals surface area contributed by atoms with Crippen LogP contribution in [0.3, 0.4) is 0 Å². The maximum atomic E-state index is 4.42. The van der Waals surface area contributed by atoms with Crippen LogP contribution in [0.5, 0.6) is 0 Å². The number of nitrogens with one attached hydrogen (secondary N) is 1. The van der Waals surface area contributed by atoms with Crippen molar-refractivity contribution in [2.45, 2.75) is 4.21 Å². The first-order valence-electron chi connectivity index (χ1n) is 9.21. The van der Waals surface area contributed by atoms with Crippen LogP contribution < -0.4 is 4.90 Å². The van der Waals surface area contributed by atoms with Crippen molar-refractivity contribution < 1.29 is 0 Å². The summed E-state index contributed by atoms with van der Waals surface area (Å²) in [6.07, 6.45) is 0. The molecule has 5 aromatic rings. The van der Waals surface area contributed by atoms with Crippen LogP contribution in [0.4, 0.5) is 5.69 Å². The molecule has 0 fully saturated rings. The third kappa shape index (κ3) is 2.99. The van der Waals surface area contributed by atoms with E-state index in [1.54, 1.807) is 11.3 Å². The predicted octanol–water partition coefficient (Wildman–Crippen LogP) is 7.07. The number of anilines is 1. The standard InChI is InChI=1S/C24H20N2S2/c1-26(2)18-8-10-22-20(14-18)19-13-17(7-9-21(19)25-22)15-3-5-16(6-4-15)23-11-12-24(27)28-23/h3-14,25,27H,1-2H3. The molecule has 1 N–H and O–H groups in total. The van der Waals surface area contributed by atoms with E-state index in [1.807, 2.05) is 6.07 Å². The minimum absolute atomic E-state index is 1.04. The zero-order chi connectivity index (χ0) is 19.3. The lowest BCUT2D eigenvalue weighted by Gasteiger charge is -2.12. The Morgan fingerprint density at radius 2 is 1.36 bits per heavy atom. The molecule has 0 aliphatic rings. The van der Waals surface area contributed by atoms with Crippen molar-refractivity contribution in [2.75, 3.05) is 19.0 Å². The fourth-order valence-corrected chi connectivity index (χ4v) is 4.77. The molecular weight excluding hydrogens is 380 g/mol. The van der Waals surface area contributed by atoms with Crippen molar-refractivity contribution in [1.29, 1.82) is 0 Å². The quantitative estimate of drug-likeness (QED) is 0.310. The molecule has 0 radical (unpaired) electrons. The van der Waals surface area contributed by atoms with Crippen LogP contribution in [-0.4, -0.2) is 19.1 Å². The van der Waals surface area contributed by atoms with Crippen molar-refractivity contribution in [3.63, 3.8) is 0 Å². The number of H-pyrrole nitrogens is 1. The van der Waals surface area contributed by atoms with Gasteiger partial charge in [0.25, 0.3) is 0 Å². The molecule has 0 spiro atoms. The Kier molecular flexibility index (Phi) is 4.18. The van der Waals surface area contributed by atoms with Gasteiger partial charge in [-0.05, 0) is 59.2 Å². The number of aromatic amines is 1. The van der Waals surface area contributed by atoms with Gasteiger partial charge in [-0.3, -0.25) is 0 Å². The number of thiophene rings is 1. The van der Waals surface area contributed by atoms with Crippen LogP contribution in [0.25, 0.3) is 43.4 Å². The molecule has 0 saturated heterocycles. The zero-order valence-corrected chi connectivity index (χ0v) is 17.4. The summed E-state index contributed by atoms with van der Waals surface area (Å²) in [7, 11) is 4.15. The Labute approximate surface area is 173 Å². The zero-order valence-electron chi connectivity index (χ0n) is 15.7. The molecule has 0 atom stereocenters. The molecule has 0 amide bonds. The minimum Gasteiger partial charge on any atom is -0.378 e. The van der Waals surface area contributed by atoms with Crippen molar-refractivity contribution in [2.24, 2.45) is 0 Å². The highest BCUT2D eigenvalue weighted by atomic mass is 32.2. The maximum Gasteiger partial charge on any atom is 0.0574 e. The van der Waals surface area contributed by atoms with Gasteiger partial charge in [-0.2, -0.15) is 0 Å². The Morgan fingerprint density at radius 3 is 2.04 bits per heavy atom. The summed E-state index contributed by atoms with van der Waals surface area (Å²) in [5.41, 5.74) is 7.25. The Morgan fingerprint density at radius 1 is 0.714 bits per heavy atom. The van der Waals surface area contributed by atoms with E-state index in [0.29, 0.717) is 0 Å².